The SMILES string of the molecule is CCCCCCCCCCCCCOCCOCCOCCOCCOCCOCCOC(=O)CCCCCCCCC. The van der Waals surface area contributed by atoms with Crippen molar-refractivity contribution in [2.24, 2.45) is 0 Å². The summed E-state index contributed by atoms with van der Waals surface area (Å²) in [7, 11) is 0. The first-order chi connectivity index (χ1) is 21.3. The van der Waals surface area contributed by atoms with Crippen molar-refractivity contribution in [1.29, 1.82) is 0 Å². The van der Waals surface area contributed by atoms with Crippen molar-refractivity contribution >= 4 is 5.97 Å². The van der Waals surface area contributed by atoms with Crippen LogP contribution in [-0.2, 0) is 38.0 Å². The Morgan fingerprint density at radius 1 is 0.326 bits per heavy atom. The zero-order valence-electron chi connectivity index (χ0n) is 28.4. The third kappa shape index (κ3) is 39.2. The highest BCUT2D eigenvalue weighted by Crippen LogP contribution is 2.11. The minimum absolute atomic E-state index is 0.128. The first-order valence-electron chi connectivity index (χ1n) is 17.9. The van der Waals surface area contributed by atoms with E-state index in [2.05, 4.69) is 13.8 Å². The van der Waals surface area contributed by atoms with Gasteiger partial charge in [0.05, 0.1) is 72.7 Å². The van der Waals surface area contributed by atoms with E-state index >= 15 is 0 Å². The Balaban J connectivity index is 3.09. The molecule has 258 valence electrons. The van der Waals surface area contributed by atoms with Gasteiger partial charge in [-0.05, 0) is 12.8 Å². The number of esters is 1. The maximum atomic E-state index is 11.7. The Hall–Kier alpha value is -0.770. The summed E-state index contributed by atoms with van der Waals surface area (Å²) in [4.78, 5) is 11.7. The average molecular weight is 619 g/mol. The third-order valence-corrected chi connectivity index (χ3v) is 7.23. The molecule has 0 atom stereocenters. The Bertz CT molecular complexity index is 520. The lowest BCUT2D eigenvalue weighted by Crippen LogP contribution is -2.15. The lowest BCUT2D eigenvalue weighted by Gasteiger charge is -2.08. The molecule has 0 aliphatic carbocycles. The number of carbonyl (C=O) groups is 1. The number of hydrogen-bond donors (Lipinski definition) is 0. The summed E-state index contributed by atoms with van der Waals surface area (Å²) in [6, 6.07) is 0. The van der Waals surface area contributed by atoms with Gasteiger partial charge in [0.1, 0.15) is 6.61 Å². The van der Waals surface area contributed by atoms with E-state index in [1.807, 2.05) is 0 Å². The van der Waals surface area contributed by atoms with Crippen molar-refractivity contribution in [3.8, 4) is 0 Å². The molecule has 0 aliphatic rings. The summed E-state index contributed by atoms with van der Waals surface area (Å²) in [6.45, 7) is 11.5. The van der Waals surface area contributed by atoms with Crippen molar-refractivity contribution in [2.75, 3.05) is 85.9 Å². The van der Waals surface area contributed by atoms with E-state index in [4.69, 9.17) is 33.2 Å². The van der Waals surface area contributed by atoms with Crippen molar-refractivity contribution in [3.05, 3.63) is 0 Å². The Kier molecular flexibility index (Phi) is 38.6. The largest absolute Gasteiger partial charge is 0.463 e. The van der Waals surface area contributed by atoms with Gasteiger partial charge in [-0.25, -0.2) is 0 Å². The van der Waals surface area contributed by atoms with Gasteiger partial charge >= 0.3 is 5.97 Å². The van der Waals surface area contributed by atoms with Gasteiger partial charge in [-0.3, -0.25) is 4.79 Å². The maximum Gasteiger partial charge on any atom is 0.305 e. The smallest absolute Gasteiger partial charge is 0.305 e. The van der Waals surface area contributed by atoms with Gasteiger partial charge in [-0.15, -0.1) is 0 Å². The van der Waals surface area contributed by atoms with Gasteiger partial charge in [-0.2, -0.15) is 0 Å². The molecule has 0 bridgehead atoms. The van der Waals surface area contributed by atoms with Gasteiger partial charge in [0.25, 0.3) is 0 Å². The summed E-state index contributed by atoms with van der Waals surface area (Å²) in [5, 5.41) is 0. The zero-order valence-corrected chi connectivity index (χ0v) is 28.4. The summed E-state index contributed by atoms with van der Waals surface area (Å²) in [5.41, 5.74) is 0. The number of rotatable bonds is 38. The molecule has 0 saturated heterocycles. The minimum atomic E-state index is -0.128. The molecular formula is C35H70O8. The van der Waals surface area contributed by atoms with Crippen LogP contribution in [0.2, 0.25) is 0 Å². The van der Waals surface area contributed by atoms with Gasteiger partial charge in [-0.1, -0.05) is 117 Å². The highest BCUT2D eigenvalue weighted by atomic mass is 16.6. The highest BCUT2D eigenvalue weighted by molar-refractivity contribution is 5.69. The molecule has 0 aromatic heterocycles. The fourth-order valence-corrected chi connectivity index (χ4v) is 4.58. The van der Waals surface area contributed by atoms with E-state index < -0.39 is 0 Å². The number of ether oxygens (including phenoxy) is 7. The van der Waals surface area contributed by atoms with E-state index in [9.17, 15) is 4.79 Å². The fourth-order valence-electron chi connectivity index (χ4n) is 4.58. The molecule has 0 rings (SSSR count). The van der Waals surface area contributed by atoms with Crippen LogP contribution < -0.4 is 0 Å². The van der Waals surface area contributed by atoms with Crippen LogP contribution in [0.3, 0.4) is 0 Å². The second-order valence-electron chi connectivity index (χ2n) is 11.3. The molecule has 0 amide bonds. The van der Waals surface area contributed by atoms with Crippen LogP contribution in [0.4, 0.5) is 0 Å². The van der Waals surface area contributed by atoms with Crippen molar-refractivity contribution in [2.45, 2.75) is 136 Å². The third-order valence-electron chi connectivity index (χ3n) is 7.23. The first-order valence-corrected chi connectivity index (χ1v) is 17.9. The molecule has 0 aromatic carbocycles. The second kappa shape index (κ2) is 39.3. The summed E-state index contributed by atoms with van der Waals surface area (Å²) in [5.74, 6) is -0.128. The zero-order chi connectivity index (χ0) is 31.2. The predicted octanol–water partition coefficient (Wildman–Crippen LogP) is 8.08. The molecule has 0 radical (unpaired) electrons. The number of hydrogen-bond acceptors (Lipinski definition) is 8. The van der Waals surface area contributed by atoms with E-state index in [0.29, 0.717) is 85.7 Å². The van der Waals surface area contributed by atoms with Crippen molar-refractivity contribution in [1.82, 2.24) is 0 Å². The molecule has 0 aromatic rings. The molecule has 0 saturated carbocycles. The number of carbonyl (C=O) groups excluding carboxylic acids is 1. The van der Waals surface area contributed by atoms with Crippen molar-refractivity contribution < 1.29 is 38.0 Å². The van der Waals surface area contributed by atoms with Gasteiger partial charge in [0.2, 0.25) is 0 Å². The van der Waals surface area contributed by atoms with Crippen LogP contribution in [0.25, 0.3) is 0 Å². The highest BCUT2D eigenvalue weighted by Gasteiger charge is 2.02. The van der Waals surface area contributed by atoms with Crippen LogP contribution in [0.15, 0.2) is 0 Å². The lowest BCUT2D eigenvalue weighted by molar-refractivity contribution is -0.145. The lowest BCUT2D eigenvalue weighted by atomic mass is 10.1. The van der Waals surface area contributed by atoms with E-state index in [1.165, 1.54) is 96.3 Å². The summed E-state index contributed by atoms with van der Waals surface area (Å²) in [6.07, 6.45) is 23.8. The van der Waals surface area contributed by atoms with Crippen LogP contribution >= 0.6 is 0 Å². The average Bonchev–Trinajstić information content (AvgIpc) is 3.01. The molecule has 0 aliphatic heterocycles. The molecule has 0 fully saturated rings. The predicted molar refractivity (Wildman–Crippen MR) is 175 cm³/mol. The van der Waals surface area contributed by atoms with Gasteiger partial charge in [0.15, 0.2) is 0 Å². The Morgan fingerprint density at radius 3 is 0.977 bits per heavy atom. The second-order valence-corrected chi connectivity index (χ2v) is 11.3. The molecule has 0 unspecified atom stereocenters. The van der Waals surface area contributed by atoms with E-state index in [0.717, 1.165) is 25.9 Å². The summed E-state index contributed by atoms with van der Waals surface area (Å²) >= 11 is 0. The molecule has 0 spiro atoms. The Morgan fingerprint density at radius 2 is 0.605 bits per heavy atom. The standard InChI is InChI=1S/C35H70O8/c1-3-5-7-9-11-12-13-14-16-18-20-22-37-23-24-38-25-26-39-27-28-40-29-30-41-31-32-42-33-34-43-35(36)21-19-17-15-10-8-6-4-2/h3-34H2,1-2H3. The molecule has 0 heterocycles. The monoisotopic (exact) mass is 619 g/mol. The normalized spacial score (nSPS) is 11.4. The molecule has 0 N–H and O–H groups in total. The van der Waals surface area contributed by atoms with E-state index in [-0.39, 0.29) is 5.97 Å². The first kappa shape index (κ1) is 42.2. The van der Waals surface area contributed by atoms with Crippen LogP contribution in [-0.4, -0.2) is 91.9 Å². The van der Waals surface area contributed by atoms with Gasteiger partial charge in [0, 0.05) is 13.0 Å². The quantitative estimate of drug-likeness (QED) is 0.0507. The Labute approximate surface area is 265 Å². The van der Waals surface area contributed by atoms with Crippen LogP contribution in [0.1, 0.15) is 136 Å². The summed E-state index contributed by atoms with van der Waals surface area (Å²) < 4.78 is 38.3. The minimum Gasteiger partial charge on any atom is -0.463 e. The molecule has 8 heteroatoms. The van der Waals surface area contributed by atoms with Gasteiger partial charge < -0.3 is 33.2 Å². The van der Waals surface area contributed by atoms with E-state index in [1.54, 1.807) is 0 Å². The maximum absolute atomic E-state index is 11.7. The fraction of sp³-hybridized carbons (Fsp3) is 0.971. The van der Waals surface area contributed by atoms with Crippen molar-refractivity contribution in [3.63, 3.8) is 0 Å². The molecule has 8 nitrogen and oxygen atoms in total. The van der Waals surface area contributed by atoms with Crippen LogP contribution in [0.5, 0.6) is 0 Å². The molecular weight excluding hydrogens is 548 g/mol. The molecule has 43 heavy (non-hydrogen) atoms. The van der Waals surface area contributed by atoms with Crippen LogP contribution in [0, 0.1) is 0 Å². The topological polar surface area (TPSA) is 81.7 Å². The number of unbranched alkanes of at least 4 members (excludes halogenated alkanes) is 16.